The van der Waals surface area contributed by atoms with Crippen LogP contribution >= 0.6 is 0 Å². The second kappa shape index (κ2) is 4.39. The van der Waals surface area contributed by atoms with Crippen molar-refractivity contribution < 1.29 is 12.6 Å². The van der Waals surface area contributed by atoms with Crippen molar-refractivity contribution in [2.24, 2.45) is 0 Å². The smallest absolute Gasteiger partial charge is 0.267 e. The number of hydrogen-bond acceptors (Lipinski definition) is 3. The normalized spacial score (nSPS) is 11.2. The van der Waals surface area contributed by atoms with Crippen molar-refractivity contribution in [2.45, 2.75) is 11.8 Å². The molecule has 0 aliphatic carbocycles. The van der Waals surface area contributed by atoms with E-state index in [-0.39, 0.29) is 11.5 Å². The van der Waals surface area contributed by atoms with Crippen molar-refractivity contribution in [3.8, 4) is 0 Å². The van der Waals surface area contributed by atoms with Crippen LogP contribution in [-0.4, -0.2) is 15.0 Å². The minimum Gasteiger partial charge on any atom is -0.267 e. The molecular formula is C10H12O3S. The molecule has 1 aromatic carbocycles. The molecule has 0 radical (unpaired) electrons. The molecule has 0 saturated heterocycles. The highest BCUT2D eigenvalue weighted by Gasteiger charge is 2.16. The monoisotopic (exact) mass is 212 g/mol. The Morgan fingerprint density at radius 2 is 2.07 bits per heavy atom. The summed E-state index contributed by atoms with van der Waals surface area (Å²) in [6, 6.07) is 6.59. The molecule has 0 fully saturated rings. The molecular weight excluding hydrogens is 200 g/mol. The van der Waals surface area contributed by atoms with E-state index in [1.807, 2.05) is 0 Å². The van der Waals surface area contributed by atoms with E-state index in [0.29, 0.717) is 5.56 Å². The summed E-state index contributed by atoms with van der Waals surface area (Å²) < 4.78 is 27.8. The van der Waals surface area contributed by atoms with E-state index in [4.69, 9.17) is 0 Å². The first-order valence-electron chi connectivity index (χ1n) is 4.22. The Labute approximate surface area is 84.1 Å². The van der Waals surface area contributed by atoms with Gasteiger partial charge in [0.15, 0.2) is 0 Å². The van der Waals surface area contributed by atoms with Gasteiger partial charge >= 0.3 is 0 Å². The third-order valence-corrected chi connectivity index (χ3v) is 3.14. The minimum atomic E-state index is -3.62. The quantitative estimate of drug-likeness (QED) is 0.717. The van der Waals surface area contributed by atoms with Crippen LogP contribution < -0.4 is 0 Å². The molecule has 0 aromatic heterocycles. The van der Waals surface area contributed by atoms with E-state index in [9.17, 15) is 8.42 Å². The highest BCUT2D eigenvalue weighted by atomic mass is 32.2. The summed E-state index contributed by atoms with van der Waals surface area (Å²) in [6.45, 7) is 5.31. The Balaban J connectivity index is 3.25. The molecule has 1 aromatic rings. The molecule has 0 spiro atoms. The first kappa shape index (κ1) is 10.9. The van der Waals surface area contributed by atoms with Gasteiger partial charge in [0.25, 0.3) is 10.1 Å². The molecule has 0 bridgehead atoms. The largest absolute Gasteiger partial charge is 0.297 e. The fraction of sp³-hybridized carbons (Fsp3) is 0.200. The summed E-state index contributed by atoms with van der Waals surface area (Å²) >= 11 is 0. The summed E-state index contributed by atoms with van der Waals surface area (Å²) in [5.41, 5.74) is 0.556. The average molecular weight is 212 g/mol. The van der Waals surface area contributed by atoms with Crippen LogP contribution in [0.2, 0.25) is 0 Å². The van der Waals surface area contributed by atoms with Gasteiger partial charge in [-0.25, -0.2) is 0 Å². The number of rotatable bonds is 4. The van der Waals surface area contributed by atoms with Crippen LogP contribution in [0.3, 0.4) is 0 Å². The van der Waals surface area contributed by atoms with Gasteiger partial charge in [-0.05, 0) is 18.6 Å². The number of benzene rings is 1. The molecule has 0 aliphatic rings. The highest BCUT2D eigenvalue weighted by Crippen LogP contribution is 2.18. The lowest BCUT2D eigenvalue weighted by Gasteiger charge is -2.05. The van der Waals surface area contributed by atoms with Crippen molar-refractivity contribution in [2.75, 3.05) is 6.61 Å². The Morgan fingerprint density at radius 1 is 1.43 bits per heavy atom. The zero-order valence-corrected chi connectivity index (χ0v) is 8.75. The zero-order chi connectivity index (χ0) is 10.6. The average Bonchev–Trinajstić information content (AvgIpc) is 2.18. The van der Waals surface area contributed by atoms with E-state index >= 15 is 0 Å². The molecule has 0 unspecified atom stereocenters. The SMILES string of the molecule is C=Cc1ccccc1S(=O)(=O)OCC. The van der Waals surface area contributed by atoms with Gasteiger partial charge in [0.1, 0.15) is 4.90 Å². The topological polar surface area (TPSA) is 43.4 Å². The molecule has 0 aliphatic heterocycles. The minimum absolute atomic E-state index is 0.133. The molecule has 3 nitrogen and oxygen atoms in total. The van der Waals surface area contributed by atoms with Crippen molar-refractivity contribution in [1.82, 2.24) is 0 Å². The molecule has 0 N–H and O–H groups in total. The fourth-order valence-corrected chi connectivity index (χ4v) is 2.22. The summed E-state index contributed by atoms with van der Waals surface area (Å²) in [4.78, 5) is 0.164. The van der Waals surface area contributed by atoms with Crippen LogP contribution in [0.4, 0.5) is 0 Å². The second-order valence-electron chi connectivity index (χ2n) is 2.60. The molecule has 14 heavy (non-hydrogen) atoms. The van der Waals surface area contributed by atoms with Gasteiger partial charge in [-0.15, -0.1) is 0 Å². The zero-order valence-electron chi connectivity index (χ0n) is 7.93. The van der Waals surface area contributed by atoms with Gasteiger partial charge < -0.3 is 0 Å². The molecule has 4 heteroatoms. The van der Waals surface area contributed by atoms with E-state index in [1.165, 1.54) is 12.1 Å². The lowest BCUT2D eigenvalue weighted by molar-refractivity contribution is 0.338. The summed E-state index contributed by atoms with van der Waals surface area (Å²) in [5.74, 6) is 0. The maximum atomic E-state index is 11.5. The van der Waals surface area contributed by atoms with Crippen molar-refractivity contribution in [3.05, 3.63) is 36.4 Å². The Bertz CT molecular complexity index is 421. The predicted octanol–water partition coefficient (Wildman–Crippen LogP) is 2.05. The van der Waals surface area contributed by atoms with Crippen LogP contribution in [0.5, 0.6) is 0 Å². The summed E-state index contributed by atoms with van der Waals surface area (Å²) in [6.07, 6.45) is 1.49. The van der Waals surface area contributed by atoms with Crippen LogP contribution in [0.1, 0.15) is 12.5 Å². The molecule has 76 valence electrons. The molecule has 0 atom stereocenters. The van der Waals surface area contributed by atoms with E-state index < -0.39 is 10.1 Å². The van der Waals surface area contributed by atoms with Crippen LogP contribution in [0, 0.1) is 0 Å². The Hall–Kier alpha value is -1.13. The third-order valence-electron chi connectivity index (χ3n) is 1.68. The third kappa shape index (κ3) is 2.21. The molecule has 0 heterocycles. The van der Waals surface area contributed by atoms with E-state index in [0.717, 1.165) is 0 Å². The van der Waals surface area contributed by atoms with Crippen molar-refractivity contribution in [1.29, 1.82) is 0 Å². The summed E-state index contributed by atoms with van der Waals surface area (Å²) in [5, 5.41) is 0. The molecule has 1 rings (SSSR count). The van der Waals surface area contributed by atoms with Gasteiger partial charge in [-0.2, -0.15) is 8.42 Å². The first-order chi connectivity index (χ1) is 6.61. The fourth-order valence-electron chi connectivity index (χ4n) is 1.10. The lowest BCUT2D eigenvalue weighted by atomic mass is 10.2. The Kier molecular flexibility index (Phi) is 3.43. The van der Waals surface area contributed by atoms with E-state index in [1.54, 1.807) is 25.1 Å². The Morgan fingerprint density at radius 3 is 2.64 bits per heavy atom. The highest BCUT2D eigenvalue weighted by molar-refractivity contribution is 7.86. The maximum absolute atomic E-state index is 11.5. The van der Waals surface area contributed by atoms with Crippen LogP contribution in [0.25, 0.3) is 6.08 Å². The second-order valence-corrected chi connectivity index (χ2v) is 4.19. The molecule has 0 saturated carbocycles. The first-order valence-corrected chi connectivity index (χ1v) is 5.63. The van der Waals surface area contributed by atoms with Crippen LogP contribution in [0.15, 0.2) is 35.7 Å². The van der Waals surface area contributed by atoms with Gasteiger partial charge in [0, 0.05) is 0 Å². The lowest BCUT2D eigenvalue weighted by Crippen LogP contribution is -2.07. The van der Waals surface area contributed by atoms with Crippen molar-refractivity contribution >= 4 is 16.2 Å². The van der Waals surface area contributed by atoms with Crippen LogP contribution in [-0.2, 0) is 14.3 Å². The van der Waals surface area contributed by atoms with Gasteiger partial charge in [-0.3, -0.25) is 4.18 Å². The summed E-state index contributed by atoms with van der Waals surface area (Å²) in [7, 11) is -3.62. The standard InChI is InChI=1S/C10H12O3S/c1-3-9-7-5-6-8-10(9)14(11,12)13-4-2/h3,5-8H,1,4H2,2H3. The van der Waals surface area contributed by atoms with Gasteiger partial charge in [0.2, 0.25) is 0 Å². The maximum Gasteiger partial charge on any atom is 0.297 e. The van der Waals surface area contributed by atoms with Gasteiger partial charge in [0.05, 0.1) is 6.61 Å². The van der Waals surface area contributed by atoms with Crippen molar-refractivity contribution in [3.63, 3.8) is 0 Å². The predicted molar refractivity (Wildman–Crippen MR) is 55.3 cm³/mol. The van der Waals surface area contributed by atoms with E-state index in [2.05, 4.69) is 10.8 Å². The molecule has 0 amide bonds. The number of hydrogen-bond donors (Lipinski definition) is 0. The van der Waals surface area contributed by atoms with Gasteiger partial charge in [-0.1, -0.05) is 30.9 Å².